The Labute approximate surface area is 171 Å². The molecule has 1 amide bonds. The van der Waals surface area contributed by atoms with Crippen LogP contribution in [0.5, 0.6) is 0 Å². The van der Waals surface area contributed by atoms with Crippen LogP contribution in [0.1, 0.15) is 23.6 Å². The Kier molecular flexibility index (Phi) is 4.33. The summed E-state index contributed by atoms with van der Waals surface area (Å²) in [5.74, 6) is 0.283. The maximum atomic E-state index is 12.4. The van der Waals surface area contributed by atoms with Crippen molar-refractivity contribution in [2.45, 2.75) is 13.2 Å². The van der Waals surface area contributed by atoms with Crippen LogP contribution in [0.2, 0.25) is 0 Å². The van der Waals surface area contributed by atoms with E-state index in [9.17, 15) is 4.79 Å². The maximum absolute atomic E-state index is 12.4. The third kappa shape index (κ3) is 3.17. The Bertz CT molecular complexity index is 1220. The number of nitrogens with zero attached hydrogens (tertiary/aromatic N) is 3. The topological polar surface area (TPSA) is 54.8 Å². The quantitative estimate of drug-likeness (QED) is 0.476. The lowest BCUT2D eigenvalue weighted by atomic mass is 10.0. The van der Waals surface area contributed by atoms with Crippen molar-refractivity contribution in [3.63, 3.8) is 0 Å². The minimum Gasteiger partial charge on any atom is -0.445 e. The molecule has 0 radical (unpaired) electrons. The van der Waals surface area contributed by atoms with Crippen LogP contribution in [-0.4, -0.2) is 21.8 Å². The van der Waals surface area contributed by atoms with Gasteiger partial charge in [0.1, 0.15) is 0 Å². The molecule has 2 aromatic heterocycles. The number of benzene rings is 2. The fraction of sp³-hybridized carbons (Fsp3) is 0.0870. The second kappa shape index (κ2) is 7.14. The van der Waals surface area contributed by atoms with E-state index >= 15 is 0 Å². The van der Waals surface area contributed by atoms with Crippen LogP contribution >= 0.6 is 11.3 Å². The lowest BCUT2D eigenvalue weighted by Gasteiger charge is -2.21. The Morgan fingerprint density at radius 1 is 1.03 bits per heavy atom. The number of aromatic nitrogens is 1. The largest absolute Gasteiger partial charge is 0.445 e. The highest BCUT2D eigenvalue weighted by Crippen LogP contribution is 2.36. The third-order valence-corrected chi connectivity index (χ3v) is 5.64. The average Bonchev–Trinajstić information content (AvgIpc) is 3.43. The van der Waals surface area contributed by atoms with Gasteiger partial charge < -0.3 is 4.74 Å². The van der Waals surface area contributed by atoms with Crippen molar-refractivity contribution in [3.8, 4) is 11.3 Å². The molecule has 1 aliphatic heterocycles. The standard InChI is InChI=1S/C23H17N3O2S/c1-15(27)26-23(28-22(25-26)21-12-7-13-29-21)18-14-20(16-8-3-2-4-9-16)24-19-11-6-5-10-17(18)19/h2-14,23H,1H3/t23-/m0/s1. The molecule has 29 heavy (non-hydrogen) atoms. The van der Waals surface area contributed by atoms with Gasteiger partial charge in [0.05, 0.1) is 16.1 Å². The zero-order chi connectivity index (χ0) is 19.8. The monoisotopic (exact) mass is 399 g/mol. The predicted octanol–water partition coefficient (Wildman–Crippen LogP) is 5.20. The number of para-hydroxylation sites is 1. The van der Waals surface area contributed by atoms with E-state index in [4.69, 9.17) is 9.72 Å². The molecule has 0 bridgehead atoms. The van der Waals surface area contributed by atoms with Crippen LogP contribution in [0.25, 0.3) is 22.2 Å². The summed E-state index contributed by atoms with van der Waals surface area (Å²) in [6.45, 7) is 1.50. The van der Waals surface area contributed by atoms with Crippen LogP contribution in [0, 0.1) is 0 Å². The van der Waals surface area contributed by atoms with Gasteiger partial charge in [-0.05, 0) is 23.6 Å². The Balaban J connectivity index is 1.66. The summed E-state index contributed by atoms with van der Waals surface area (Å²) in [5, 5.41) is 8.77. The molecule has 0 spiro atoms. The number of amides is 1. The van der Waals surface area contributed by atoms with Gasteiger partial charge in [0, 0.05) is 23.4 Å². The molecule has 142 valence electrons. The first-order chi connectivity index (χ1) is 14.2. The molecule has 0 saturated carbocycles. The Morgan fingerprint density at radius 2 is 1.83 bits per heavy atom. The Morgan fingerprint density at radius 3 is 2.59 bits per heavy atom. The van der Waals surface area contributed by atoms with E-state index in [1.54, 1.807) is 0 Å². The first-order valence-corrected chi connectivity index (χ1v) is 10.1. The van der Waals surface area contributed by atoms with Gasteiger partial charge >= 0.3 is 0 Å². The number of hydrazone groups is 1. The maximum Gasteiger partial charge on any atom is 0.251 e. The summed E-state index contributed by atoms with van der Waals surface area (Å²) >= 11 is 1.53. The van der Waals surface area contributed by atoms with E-state index in [1.807, 2.05) is 78.2 Å². The molecular weight excluding hydrogens is 382 g/mol. The van der Waals surface area contributed by atoms with E-state index in [1.165, 1.54) is 23.3 Å². The summed E-state index contributed by atoms with van der Waals surface area (Å²) in [6.07, 6.45) is -0.639. The van der Waals surface area contributed by atoms with Crippen molar-refractivity contribution >= 4 is 34.0 Å². The minimum absolute atomic E-state index is 0.177. The summed E-state index contributed by atoms with van der Waals surface area (Å²) in [7, 11) is 0. The van der Waals surface area contributed by atoms with Crippen molar-refractivity contribution in [1.29, 1.82) is 0 Å². The number of carbonyl (C=O) groups is 1. The fourth-order valence-corrected chi connectivity index (χ4v) is 4.08. The van der Waals surface area contributed by atoms with Gasteiger partial charge in [-0.25, -0.2) is 4.98 Å². The zero-order valence-corrected chi connectivity index (χ0v) is 16.5. The second-order valence-corrected chi connectivity index (χ2v) is 7.64. The predicted molar refractivity (Wildman–Crippen MR) is 114 cm³/mol. The fourth-order valence-electron chi connectivity index (χ4n) is 3.43. The van der Waals surface area contributed by atoms with Crippen molar-refractivity contribution in [1.82, 2.24) is 9.99 Å². The molecule has 4 aromatic rings. The smallest absolute Gasteiger partial charge is 0.251 e. The molecule has 3 heterocycles. The molecule has 2 aromatic carbocycles. The highest BCUT2D eigenvalue weighted by molar-refractivity contribution is 7.12. The molecule has 5 rings (SSSR count). The molecule has 6 heteroatoms. The van der Waals surface area contributed by atoms with Crippen LogP contribution in [0.4, 0.5) is 0 Å². The first kappa shape index (κ1) is 17.6. The lowest BCUT2D eigenvalue weighted by Crippen LogP contribution is -2.25. The first-order valence-electron chi connectivity index (χ1n) is 9.25. The highest BCUT2D eigenvalue weighted by Gasteiger charge is 2.35. The minimum atomic E-state index is -0.639. The molecule has 0 unspecified atom stereocenters. The summed E-state index contributed by atoms with van der Waals surface area (Å²) in [6, 6.07) is 23.7. The Hall–Kier alpha value is -3.51. The molecule has 0 fully saturated rings. The number of hydrogen-bond donors (Lipinski definition) is 0. The number of hydrogen-bond acceptors (Lipinski definition) is 5. The van der Waals surface area contributed by atoms with Gasteiger partial charge in [0.15, 0.2) is 0 Å². The van der Waals surface area contributed by atoms with E-state index in [0.717, 1.165) is 32.6 Å². The third-order valence-electron chi connectivity index (χ3n) is 4.78. The average molecular weight is 399 g/mol. The molecule has 1 atom stereocenters. The SMILES string of the molecule is CC(=O)N1N=C(c2cccs2)O[C@H]1c1cc(-c2ccccc2)nc2ccccc12. The number of carbonyl (C=O) groups excluding carboxylic acids is 1. The van der Waals surface area contributed by atoms with E-state index in [-0.39, 0.29) is 5.91 Å². The second-order valence-electron chi connectivity index (χ2n) is 6.70. The molecule has 0 aliphatic carbocycles. The number of ether oxygens (including phenoxy) is 1. The van der Waals surface area contributed by atoms with E-state index in [0.29, 0.717) is 5.90 Å². The summed E-state index contributed by atoms with van der Waals surface area (Å²) in [4.78, 5) is 18.1. The van der Waals surface area contributed by atoms with Crippen LogP contribution in [-0.2, 0) is 9.53 Å². The van der Waals surface area contributed by atoms with Crippen LogP contribution in [0.3, 0.4) is 0 Å². The normalized spacial score (nSPS) is 16.0. The number of thiophene rings is 1. The van der Waals surface area contributed by atoms with Gasteiger partial charge in [0.2, 0.25) is 12.1 Å². The van der Waals surface area contributed by atoms with Gasteiger partial charge in [-0.15, -0.1) is 16.4 Å². The van der Waals surface area contributed by atoms with E-state index < -0.39 is 6.23 Å². The zero-order valence-electron chi connectivity index (χ0n) is 15.6. The van der Waals surface area contributed by atoms with Crippen LogP contribution in [0.15, 0.2) is 83.3 Å². The summed E-state index contributed by atoms with van der Waals surface area (Å²) in [5.41, 5.74) is 3.54. The van der Waals surface area contributed by atoms with E-state index in [2.05, 4.69) is 5.10 Å². The van der Waals surface area contributed by atoms with Gasteiger partial charge in [0.25, 0.3) is 5.90 Å². The highest BCUT2D eigenvalue weighted by atomic mass is 32.1. The summed E-state index contributed by atoms with van der Waals surface area (Å²) < 4.78 is 6.20. The molecule has 0 saturated heterocycles. The van der Waals surface area contributed by atoms with Crippen molar-refractivity contribution < 1.29 is 9.53 Å². The van der Waals surface area contributed by atoms with Gasteiger partial charge in [-0.1, -0.05) is 54.6 Å². The molecule has 1 aliphatic rings. The number of pyridine rings is 1. The van der Waals surface area contributed by atoms with Crippen molar-refractivity contribution in [2.24, 2.45) is 5.10 Å². The number of fused-ring (bicyclic) bond motifs is 1. The number of rotatable bonds is 3. The lowest BCUT2D eigenvalue weighted by molar-refractivity contribution is -0.135. The van der Waals surface area contributed by atoms with Crippen molar-refractivity contribution in [3.05, 3.63) is 88.6 Å². The molecule has 0 N–H and O–H groups in total. The van der Waals surface area contributed by atoms with Gasteiger partial charge in [-0.3, -0.25) is 4.79 Å². The molecule has 5 nitrogen and oxygen atoms in total. The van der Waals surface area contributed by atoms with Crippen molar-refractivity contribution in [2.75, 3.05) is 0 Å². The van der Waals surface area contributed by atoms with Crippen LogP contribution < -0.4 is 0 Å². The molecular formula is C23H17N3O2S. The van der Waals surface area contributed by atoms with Gasteiger partial charge in [-0.2, -0.15) is 5.01 Å².